The van der Waals surface area contributed by atoms with Crippen LogP contribution < -0.4 is 16.0 Å². The molecule has 1 aromatic heterocycles. The largest absolute Gasteiger partial charge is 0.357 e. The number of thiophene rings is 1. The van der Waals surface area contributed by atoms with E-state index in [1.54, 1.807) is 11.3 Å². The number of aliphatic imine (C=N–C) groups is 1. The van der Waals surface area contributed by atoms with Crippen LogP contribution in [0.25, 0.3) is 0 Å². The molecule has 0 fully saturated rings. The van der Waals surface area contributed by atoms with E-state index in [0.717, 1.165) is 12.5 Å². The lowest BCUT2D eigenvalue weighted by Gasteiger charge is -2.11. The molecule has 1 aromatic rings. The fourth-order valence-electron chi connectivity index (χ4n) is 1.31. The Morgan fingerprint density at radius 1 is 1.33 bits per heavy atom. The average molecular weight is 268 g/mol. The van der Waals surface area contributed by atoms with Gasteiger partial charge in [-0.25, -0.2) is 4.99 Å². The Morgan fingerprint density at radius 2 is 2.11 bits per heavy atom. The minimum atomic E-state index is -0.0167. The van der Waals surface area contributed by atoms with Gasteiger partial charge in [-0.05, 0) is 29.3 Å². The average Bonchev–Trinajstić information content (AvgIpc) is 2.84. The third kappa shape index (κ3) is 6.24. The van der Waals surface area contributed by atoms with Crippen LogP contribution in [0.2, 0.25) is 0 Å². The maximum absolute atomic E-state index is 10.7. The van der Waals surface area contributed by atoms with E-state index in [4.69, 9.17) is 0 Å². The summed E-state index contributed by atoms with van der Waals surface area (Å²) in [4.78, 5) is 15.2. The summed E-state index contributed by atoms with van der Waals surface area (Å²) in [5, 5.41) is 13.2. The molecule has 0 saturated carbocycles. The second kappa shape index (κ2) is 8.52. The zero-order valence-corrected chi connectivity index (χ0v) is 11.6. The van der Waals surface area contributed by atoms with Gasteiger partial charge in [-0.2, -0.15) is 11.3 Å². The second-order valence-corrected chi connectivity index (χ2v) is 4.52. The first-order valence-electron chi connectivity index (χ1n) is 6.00. The van der Waals surface area contributed by atoms with Crippen molar-refractivity contribution in [2.24, 2.45) is 4.99 Å². The van der Waals surface area contributed by atoms with Gasteiger partial charge >= 0.3 is 0 Å². The highest BCUT2D eigenvalue weighted by Gasteiger charge is 1.97. The molecular formula is C12H20N4OS. The van der Waals surface area contributed by atoms with Gasteiger partial charge in [-0.15, -0.1) is 0 Å². The van der Waals surface area contributed by atoms with Crippen molar-refractivity contribution in [2.75, 3.05) is 19.6 Å². The summed E-state index contributed by atoms with van der Waals surface area (Å²) in [5.74, 6) is 0.756. The summed E-state index contributed by atoms with van der Waals surface area (Å²) in [6.45, 7) is 6.27. The lowest BCUT2D eigenvalue weighted by atomic mass is 10.3. The van der Waals surface area contributed by atoms with Crippen LogP contribution >= 0.6 is 11.3 Å². The van der Waals surface area contributed by atoms with Gasteiger partial charge in [0.1, 0.15) is 0 Å². The highest BCUT2D eigenvalue weighted by molar-refractivity contribution is 7.07. The van der Waals surface area contributed by atoms with Crippen LogP contribution in [-0.2, 0) is 11.3 Å². The van der Waals surface area contributed by atoms with Crippen molar-refractivity contribution in [3.8, 4) is 0 Å². The summed E-state index contributed by atoms with van der Waals surface area (Å²) in [5.41, 5.74) is 1.21. The predicted octanol–water partition coefficient (Wildman–Crippen LogP) is 0.939. The van der Waals surface area contributed by atoms with E-state index >= 15 is 0 Å². The Kier molecular flexibility index (Phi) is 6.86. The molecule has 18 heavy (non-hydrogen) atoms. The van der Waals surface area contributed by atoms with Crippen molar-refractivity contribution in [3.05, 3.63) is 22.4 Å². The maximum atomic E-state index is 10.7. The van der Waals surface area contributed by atoms with E-state index in [9.17, 15) is 4.79 Å². The smallest absolute Gasteiger partial charge is 0.216 e. The van der Waals surface area contributed by atoms with Gasteiger partial charge in [0.25, 0.3) is 0 Å². The lowest BCUT2D eigenvalue weighted by Crippen LogP contribution is -2.41. The van der Waals surface area contributed by atoms with E-state index in [0.29, 0.717) is 19.6 Å². The van der Waals surface area contributed by atoms with Gasteiger partial charge in [-0.3, -0.25) is 4.79 Å². The molecule has 5 nitrogen and oxygen atoms in total. The molecule has 0 aliphatic rings. The number of amides is 1. The van der Waals surface area contributed by atoms with E-state index < -0.39 is 0 Å². The summed E-state index contributed by atoms with van der Waals surface area (Å²) < 4.78 is 0. The van der Waals surface area contributed by atoms with Crippen molar-refractivity contribution < 1.29 is 4.79 Å². The molecule has 0 aromatic carbocycles. The molecule has 0 spiro atoms. The molecule has 1 rings (SSSR count). The van der Waals surface area contributed by atoms with E-state index in [1.807, 2.05) is 12.3 Å². The quantitative estimate of drug-likeness (QED) is 0.409. The first-order chi connectivity index (χ1) is 8.72. The topological polar surface area (TPSA) is 65.5 Å². The number of hydrogen-bond acceptors (Lipinski definition) is 3. The van der Waals surface area contributed by atoms with Crippen LogP contribution in [0, 0.1) is 0 Å². The van der Waals surface area contributed by atoms with Crippen molar-refractivity contribution in [1.29, 1.82) is 0 Å². The molecule has 0 radical (unpaired) electrons. The van der Waals surface area contributed by atoms with Gasteiger partial charge in [0.05, 0.1) is 6.54 Å². The third-order valence-corrected chi connectivity index (χ3v) is 2.87. The normalized spacial score (nSPS) is 11.1. The van der Waals surface area contributed by atoms with Crippen LogP contribution in [0.1, 0.15) is 19.4 Å². The molecule has 1 amide bonds. The summed E-state index contributed by atoms with van der Waals surface area (Å²) in [6.07, 6.45) is 0. The molecule has 1 heterocycles. The molecule has 0 atom stereocenters. The summed E-state index contributed by atoms with van der Waals surface area (Å²) in [7, 11) is 0. The van der Waals surface area contributed by atoms with E-state index in [1.165, 1.54) is 12.5 Å². The molecule has 0 saturated heterocycles. The monoisotopic (exact) mass is 268 g/mol. The van der Waals surface area contributed by atoms with Crippen LogP contribution in [-0.4, -0.2) is 31.5 Å². The Hall–Kier alpha value is -1.56. The van der Waals surface area contributed by atoms with Gasteiger partial charge in [0.15, 0.2) is 5.96 Å². The van der Waals surface area contributed by atoms with Crippen LogP contribution in [0.5, 0.6) is 0 Å². The molecule has 3 N–H and O–H groups in total. The number of guanidine groups is 1. The van der Waals surface area contributed by atoms with Gasteiger partial charge in [0.2, 0.25) is 5.91 Å². The summed E-state index contributed by atoms with van der Waals surface area (Å²) >= 11 is 1.67. The zero-order chi connectivity index (χ0) is 13.2. The molecule has 6 heteroatoms. The highest BCUT2D eigenvalue weighted by atomic mass is 32.1. The van der Waals surface area contributed by atoms with Crippen LogP contribution in [0.3, 0.4) is 0 Å². The number of nitrogens with zero attached hydrogens (tertiary/aromatic N) is 1. The Morgan fingerprint density at radius 3 is 2.72 bits per heavy atom. The molecule has 0 aliphatic heterocycles. The summed E-state index contributed by atoms with van der Waals surface area (Å²) in [6, 6.07) is 2.06. The van der Waals surface area contributed by atoms with E-state index in [2.05, 4.69) is 32.4 Å². The van der Waals surface area contributed by atoms with Gasteiger partial charge in [0, 0.05) is 26.6 Å². The Bertz CT molecular complexity index is 375. The van der Waals surface area contributed by atoms with Crippen molar-refractivity contribution in [1.82, 2.24) is 16.0 Å². The predicted molar refractivity (Wildman–Crippen MR) is 75.8 cm³/mol. The first-order valence-corrected chi connectivity index (χ1v) is 6.94. The van der Waals surface area contributed by atoms with Gasteiger partial charge in [-0.1, -0.05) is 0 Å². The van der Waals surface area contributed by atoms with E-state index in [-0.39, 0.29) is 5.91 Å². The fraction of sp³-hybridized carbons (Fsp3) is 0.500. The molecule has 100 valence electrons. The molecule has 0 unspecified atom stereocenters. The Balaban J connectivity index is 2.33. The molecule has 0 bridgehead atoms. The van der Waals surface area contributed by atoms with Crippen LogP contribution in [0.4, 0.5) is 0 Å². The minimum absolute atomic E-state index is 0.0167. The standard InChI is InChI=1S/C12H20N4OS/c1-3-13-12(15-6-5-14-10(2)17)16-8-11-4-7-18-9-11/h4,7,9H,3,5-6,8H2,1-2H3,(H,14,17)(H2,13,15,16). The third-order valence-electron chi connectivity index (χ3n) is 2.14. The SMILES string of the molecule is CCNC(=NCc1ccsc1)NCCNC(C)=O. The molecular weight excluding hydrogens is 248 g/mol. The first kappa shape index (κ1) is 14.5. The fourth-order valence-corrected chi connectivity index (χ4v) is 1.97. The highest BCUT2D eigenvalue weighted by Crippen LogP contribution is 2.06. The second-order valence-electron chi connectivity index (χ2n) is 3.74. The number of hydrogen-bond donors (Lipinski definition) is 3. The van der Waals surface area contributed by atoms with Gasteiger partial charge < -0.3 is 16.0 Å². The number of carbonyl (C=O) groups is 1. The van der Waals surface area contributed by atoms with Crippen molar-refractivity contribution in [2.45, 2.75) is 20.4 Å². The van der Waals surface area contributed by atoms with Crippen LogP contribution in [0.15, 0.2) is 21.8 Å². The number of rotatable bonds is 6. The van der Waals surface area contributed by atoms with Crippen molar-refractivity contribution >= 4 is 23.2 Å². The Labute approximate surface area is 112 Å². The zero-order valence-electron chi connectivity index (χ0n) is 10.8. The maximum Gasteiger partial charge on any atom is 0.216 e. The minimum Gasteiger partial charge on any atom is -0.357 e. The lowest BCUT2D eigenvalue weighted by molar-refractivity contribution is -0.118. The number of carbonyl (C=O) groups excluding carboxylic acids is 1. The number of nitrogens with one attached hydrogen (secondary N) is 3. The molecule has 0 aliphatic carbocycles. The van der Waals surface area contributed by atoms with Crippen molar-refractivity contribution in [3.63, 3.8) is 0 Å².